The van der Waals surface area contributed by atoms with Crippen LogP contribution in [0.1, 0.15) is 30.9 Å². The molecule has 0 spiro atoms. The molecule has 0 fully saturated rings. The van der Waals surface area contributed by atoms with Gasteiger partial charge in [-0.25, -0.2) is 0 Å². The van der Waals surface area contributed by atoms with Crippen LogP contribution in [-0.2, 0) is 4.79 Å². The summed E-state index contributed by atoms with van der Waals surface area (Å²) in [6.07, 6.45) is 7.18. The van der Waals surface area contributed by atoms with Gasteiger partial charge in [-0.05, 0) is 38.4 Å². The molecule has 2 atom stereocenters. The molecule has 1 amide bonds. The Balaban J connectivity index is 1.86. The van der Waals surface area contributed by atoms with Crippen LogP contribution in [0.5, 0.6) is 0 Å². The average Bonchev–Trinajstić information content (AvgIpc) is 2.92. The Hall–Kier alpha value is -1.61. The molecule has 1 aromatic carbocycles. The molecular formula is C17H24N2O. The summed E-state index contributed by atoms with van der Waals surface area (Å²) in [5.41, 5.74) is 1.23. The molecule has 0 unspecified atom stereocenters. The first kappa shape index (κ1) is 14.8. The Bertz CT molecular complexity index is 453. The van der Waals surface area contributed by atoms with Gasteiger partial charge < -0.3 is 10.2 Å². The lowest BCUT2D eigenvalue weighted by Gasteiger charge is -2.25. The van der Waals surface area contributed by atoms with Gasteiger partial charge >= 0.3 is 0 Å². The summed E-state index contributed by atoms with van der Waals surface area (Å²) < 4.78 is 0. The van der Waals surface area contributed by atoms with Gasteiger partial charge in [0.15, 0.2) is 0 Å². The second-order valence-corrected chi connectivity index (χ2v) is 5.66. The molecule has 3 nitrogen and oxygen atoms in total. The topological polar surface area (TPSA) is 32.3 Å². The van der Waals surface area contributed by atoms with E-state index in [2.05, 4.69) is 34.5 Å². The number of benzene rings is 1. The molecule has 1 aliphatic rings. The minimum atomic E-state index is 0.157. The fraction of sp³-hybridized carbons (Fsp3) is 0.471. The van der Waals surface area contributed by atoms with E-state index < -0.39 is 0 Å². The molecule has 0 heterocycles. The molecule has 20 heavy (non-hydrogen) atoms. The van der Waals surface area contributed by atoms with Crippen molar-refractivity contribution >= 4 is 5.91 Å². The van der Waals surface area contributed by atoms with Gasteiger partial charge in [-0.15, -0.1) is 0 Å². The molecule has 0 aromatic heterocycles. The van der Waals surface area contributed by atoms with Crippen LogP contribution in [0.15, 0.2) is 42.5 Å². The lowest BCUT2D eigenvalue weighted by molar-refractivity contribution is -0.121. The van der Waals surface area contributed by atoms with Crippen molar-refractivity contribution in [1.82, 2.24) is 10.2 Å². The van der Waals surface area contributed by atoms with Gasteiger partial charge in [0.25, 0.3) is 0 Å². The van der Waals surface area contributed by atoms with Crippen molar-refractivity contribution in [2.75, 3.05) is 20.6 Å². The summed E-state index contributed by atoms with van der Waals surface area (Å²) >= 11 is 0. The molecule has 0 aliphatic heterocycles. The number of hydrogen-bond acceptors (Lipinski definition) is 2. The molecule has 1 N–H and O–H groups in total. The second-order valence-electron chi connectivity index (χ2n) is 5.66. The largest absolute Gasteiger partial charge is 0.354 e. The second kappa shape index (κ2) is 7.25. The van der Waals surface area contributed by atoms with E-state index in [1.807, 2.05) is 32.3 Å². The van der Waals surface area contributed by atoms with Crippen molar-refractivity contribution in [3.8, 4) is 0 Å². The Kier molecular flexibility index (Phi) is 5.36. The Morgan fingerprint density at radius 3 is 2.70 bits per heavy atom. The maximum absolute atomic E-state index is 12.0. The highest BCUT2D eigenvalue weighted by atomic mass is 16.1. The van der Waals surface area contributed by atoms with Crippen LogP contribution < -0.4 is 5.32 Å². The third-order valence-electron chi connectivity index (χ3n) is 3.86. The van der Waals surface area contributed by atoms with Crippen LogP contribution in [0, 0.1) is 5.92 Å². The highest BCUT2D eigenvalue weighted by Crippen LogP contribution is 2.20. The monoisotopic (exact) mass is 272 g/mol. The molecule has 0 saturated heterocycles. The molecule has 1 aliphatic carbocycles. The van der Waals surface area contributed by atoms with Crippen LogP contribution in [0.2, 0.25) is 0 Å². The zero-order chi connectivity index (χ0) is 14.4. The summed E-state index contributed by atoms with van der Waals surface area (Å²) in [6.45, 7) is 0.659. The molecule has 1 aromatic rings. The number of hydrogen-bond donors (Lipinski definition) is 1. The fourth-order valence-electron chi connectivity index (χ4n) is 2.66. The molecule has 3 heteroatoms. The minimum Gasteiger partial charge on any atom is -0.354 e. The number of nitrogens with one attached hydrogen (secondary N) is 1. The van der Waals surface area contributed by atoms with E-state index in [9.17, 15) is 4.79 Å². The van der Waals surface area contributed by atoms with Crippen molar-refractivity contribution in [3.63, 3.8) is 0 Å². The zero-order valence-corrected chi connectivity index (χ0v) is 12.4. The van der Waals surface area contributed by atoms with Crippen LogP contribution >= 0.6 is 0 Å². The van der Waals surface area contributed by atoms with Crippen molar-refractivity contribution in [3.05, 3.63) is 48.0 Å². The Morgan fingerprint density at radius 2 is 2.10 bits per heavy atom. The van der Waals surface area contributed by atoms with Gasteiger partial charge in [0.05, 0.1) is 6.04 Å². The number of nitrogens with zero attached hydrogens (tertiary/aromatic N) is 1. The maximum atomic E-state index is 12.0. The predicted octanol–water partition coefficient (Wildman–Crippen LogP) is 2.76. The predicted molar refractivity (Wildman–Crippen MR) is 82.4 cm³/mol. The number of amides is 1. The van der Waals surface area contributed by atoms with Gasteiger partial charge in [0.1, 0.15) is 0 Å². The fourth-order valence-corrected chi connectivity index (χ4v) is 2.66. The third-order valence-corrected chi connectivity index (χ3v) is 3.86. The lowest BCUT2D eigenvalue weighted by atomic mass is 10.0. The van der Waals surface area contributed by atoms with Gasteiger partial charge in [0, 0.05) is 13.0 Å². The average molecular weight is 272 g/mol. The van der Waals surface area contributed by atoms with E-state index in [0.717, 1.165) is 12.8 Å². The highest BCUT2D eigenvalue weighted by Gasteiger charge is 2.17. The number of carbonyl (C=O) groups excluding carboxylic acids is 1. The summed E-state index contributed by atoms with van der Waals surface area (Å²) in [7, 11) is 4.09. The summed E-state index contributed by atoms with van der Waals surface area (Å²) in [4.78, 5) is 14.1. The van der Waals surface area contributed by atoms with E-state index in [1.165, 1.54) is 5.56 Å². The SMILES string of the molecule is CN(C)[C@@H](CNC(=O)C[C@H]1C=CCC1)c1ccccc1. The van der Waals surface area contributed by atoms with Gasteiger partial charge in [-0.1, -0.05) is 42.5 Å². The van der Waals surface area contributed by atoms with Gasteiger partial charge in [0.2, 0.25) is 5.91 Å². The molecular weight excluding hydrogens is 248 g/mol. The Labute approximate surface area is 121 Å². The van der Waals surface area contributed by atoms with Crippen molar-refractivity contribution in [2.24, 2.45) is 5.92 Å². The van der Waals surface area contributed by atoms with Crippen LogP contribution in [0.3, 0.4) is 0 Å². The molecule has 2 rings (SSSR count). The number of rotatable bonds is 6. The van der Waals surface area contributed by atoms with Crippen molar-refractivity contribution < 1.29 is 4.79 Å². The summed E-state index contributed by atoms with van der Waals surface area (Å²) in [5, 5.41) is 3.07. The van der Waals surface area contributed by atoms with Gasteiger partial charge in [-0.3, -0.25) is 4.79 Å². The Morgan fingerprint density at radius 1 is 1.35 bits per heavy atom. The molecule has 0 saturated carbocycles. The first-order valence-corrected chi connectivity index (χ1v) is 7.31. The standard InChI is InChI=1S/C17H24N2O/c1-19(2)16(15-10-4-3-5-11-15)13-18-17(20)12-14-8-6-7-9-14/h3-6,8,10-11,14,16H,7,9,12-13H2,1-2H3,(H,18,20)/t14-,16-/m0/s1. The number of likely N-dealkylation sites (N-methyl/N-ethyl adjacent to an activating group) is 1. The first-order chi connectivity index (χ1) is 9.66. The third kappa shape index (κ3) is 4.20. The molecule has 0 bridgehead atoms. The van der Waals surface area contributed by atoms with Crippen LogP contribution in [0.25, 0.3) is 0 Å². The molecule has 108 valence electrons. The minimum absolute atomic E-state index is 0.157. The normalized spacial score (nSPS) is 19.2. The van der Waals surface area contributed by atoms with E-state index in [1.54, 1.807) is 0 Å². The summed E-state index contributed by atoms with van der Waals surface area (Å²) in [5.74, 6) is 0.592. The summed E-state index contributed by atoms with van der Waals surface area (Å²) in [6, 6.07) is 10.5. The van der Waals surface area contributed by atoms with Crippen LogP contribution in [0.4, 0.5) is 0 Å². The first-order valence-electron chi connectivity index (χ1n) is 7.31. The van der Waals surface area contributed by atoms with Crippen LogP contribution in [-0.4, -0.2) is 31.4 Å². The number of allylic oxidation sites excluding steroid dienone is 2. The highest BCUT2D eigenvalue weighted by molar-refractivity contribution is 5.76. The smallest absolute Gasteiger partial charge is 0.220 e. The quantitative estimate of drug-likeness (QED) is 0.808. The number of carbonyl (C=O) groups is 1. The molecule has 0 radical (unpaired) electrons. The lowest BCUT2D eigenvalue weighted by Crippen LogP contribution is -2.35. The maximum Gasteiger partial charge on any atom is 0.220 e. The van der Waals surface area contributed by atoms with Gasteiger partial charge in [-0.2, -0.15) is 0 Å². The van der Waals surface area contributed by atoms with E-state index >= 15 is 0 Å². The van der Waals surface area contributed by atoms with Crippen molar-refractivity contribution in [2.45, 2.75) is 25.3 Å². The van der Waals surface area contributed by atoms with E-state index in [-0.39, 0.29) is 11.9 Å². The van der Waals surface area contributed by atoms with Crippen molar-refractivity contribution in [1.29, 1.82) is 0 Å². The van der Waals surface area contributed by atoms with E-state index in [0.29, 0.717) is 18.9 Å². The van der Waals surface area contributed by atoms with E-state index in [4.69, 9.17) is 0 Å². The zero-order valence-electron chi connectivity index (χ0n) is 12.4.